The zero-order chi connectivity index (χ0) is 12.1. The largest absolute Gasteiger partial charge is 0.398 e. The number of ether oxygens (including phenoxy) is 1. The Kier molecular flexibility index (Phi) is 4.76. The quantitative estimate of drug-likeness (QED) is 0.830. The summed E-state index contributed by atoms with van der Waals surface area (Å²) >= 11 is 3.30. The number of nitrogen functional groups attached to an aromatic ring is 1. The van der Waals surface area contributed by atoms with Crippen molar-refractivity contribution in [2.24, 2.45) is 0 Å². The van der Waals surface area contributed by atoms with Crippen molar-refractivity contribution < 1.29 is 9.53 Å². The van der Waals surface area contributed by atoms with Gasteiger partial charge in [-0.3, -0.25) is 4.79 Å². The molecule has 1 rings (SSSR count). The Hall–Kier alpha value is -1.07. The molecule has 0 aliphatic heterocycles. The van der Waals surface area contributed by atoms with Crippen LogP contribution in [0.25, 0.3) is 0 Å². The Labute approximate surface area is 103 Å². The molecule has 0 aliphatic carbocycles. The van der Waals surface area contributed by atoms with Gasteiger partial charge in [0.25, 0.3) is 5.91 Å². The SMILES string of the molecule is COC(C)CNC(=O)c1cc(Br)ccc1N. The average Bonchev–Trinajstić information content (AvgIpc) is 2.28. The number of nitrogens with one attached hydrogen (secondary N) is 1. The second kappa shape index (κ2) is 5.86. The summed E-state index contributed by atoms with van der Waals surface area (Å²) in [5, 5.41) is 2.75. The van der Waals surface area contributed by atoms with Crippen LogP contribution in [0.5, 0.6) is 0 Å². The van der Waals surface area contributed by atoms with Crippen LogP contribution in [0.2, 0.25) is 0 Å². The zero-order valence-corrected chi connectivity index (χ0v) is 10.9. The standard InChI is InChI=1S/C11H15BrN2O2/c1-7(16-2)6-14-11(15)9-5-8(12)3-4-10(9)13/h3-5,7H,6,13H2,1-2H3,(H,14,15). The van der Waals surface area contributed by atoms with E-state index in [4.69, 9.17) is 10.5 Å². The van der Waals surface area contributed by atoms with E-state index < -0.39 is 0 Å². The van der Waals surface area contributed by atoms with Gasteiger partial charge in [-0.15, -0.1) is 0 Å². The van der Waals surface area contributed by atoms with Crippen LogP contribution in [-0.4, -0.2) is 25.7 Å². The molecule has 0 bridgehead atoms. The highest BCUT2D eigenvalue weighted by molar-refractivity contribution is 9.10. The summed E-state index contributed by atoms with van der Waals surface area (Å²) in [6.07, 6.45) is -0.0164. The van der Waals surface area contributed by atoms with Crippen molar-refractivity contribution in [2.75, 3.05) is 19.4 Å². The van der Waals surface area contributed by atoms with Crippen molar-refractivity contribution in [3.05, 3.63) is 28.2 Å². The number of halogens is 1. The fourth-order valence-electron chi connectivity index (χ4n) is 1.14. The molecule has 5 heteroatoms. The topological polar surface area (TPSA) is 64.3 Å². The van der Waals surface area contributed by atoms with Crippen molar-refractivity contribution in [3.8, 4) is 0 Å². The van der Waals surface area contributed by atoms with Crippen LogP contribution in [0, 0.1) is 0 Å². The maximum absolute atomic E-state index is 11.8. The van der Waals surface area contributed by atoms with Crippen LogP contribution in [0.15, 0.2) is 22.7 Å². The summed E-state index contributed by atoms with van der Waals surface area (Å²) in [4.78, 5) is 11.8. The average molecular weight is 287 g/mol. The molecular weight excluding hydrogens is 272 g/mol. The number of hydrogen-bond donors (Lipinski definition) is 2. The molecule has 0 saturated carbocycles. The third-order valence-corrected chi connectivity index (χ3v) is 2.71. The Morgan fingerprint density at radius 2 is 2.31 bits per heavy atom. The van der Waals surface area contributed by atoms with Crippen molar-refractivity contribution in [3.63, 3.8) is 0 Å². The molecule has 0 heterocycles. The third-order valence-electron chi connectivity index (χ3n) is 2.21. The van der Waals surface area contributed by atoms with Gasteiger partial charge in [0, 0.05) is 23.8 Å². The van der Waals surface area contributed by atoms with E-state index in [2.05, 4.69) is 21.2 Å². The van der Waals surface area contributed by atoms with E-state index in [1.54, 1.807) is 25.3 Å². The van der Waals surface area contributed by atoms with Crippen LogP contribution >= 0.6 is 15.9 Å². The normalized spacial score (nSPS) is 12.2. The van der Waals surface area contributed by atoms with Crippen LogP contribution in [0.3, 0.4) is 0 Å². The van der Waals surface area contributed by atoms with Gasteiger partial charge in [0.1, 0.15) is 0 Å². The number of rotatable bonds is 4. The summed E-state index contributed by atoms with van der Waals surface area (Å²) in [5.41, 5.74) is 6.65. The molecule has 1 atom stereocenters. The van der Waals surface area contributed by atoms with E-state index in [1.165, 1.54) is 0 Å². The minimum Gasteiger partial charge on any atom is -0.398 e. The molecule has 0 aromatic heterocycles. The molecule has 1 aromatic carbocycles. The minimum atomic E-state index is -0.192. The molecule has 88 valence electrons. The Morgan fingerprint density at radius 3 is 2.94 bits per heavy atom. The highest BCUT2D eigenvalue weighted by atomic mass is 79.9. The van der Waals surface area contributed by atoms with Gasteiger partial charge in [-0.1, -0.05) is 15.9 Å². The summed E-state index contributed by atoms with van der Waals surface area (Å²) in [7, 11) is 1.60. The number of nitrogens with two attached hydrogens (primary N) is 1. The molecule has 1 unspecified atom stereocenters. The highest BCUT2D eigenvalue weighted by Gasteiger charge is 2.10. The van der Waals surface area contributed by atoms with Gasteiger partial charge in [-0.25, -0.2) is 0 Å². The number of carbonyl (C=O) groups excluding carboxylic acids is 1. The van der Waals surface area contributed by atoms with Crippen LogP contribution in [-0.2, 0) is 4.74 Å². The molecule has 0 aliphatic rings. The summed E-state index contributed by atoms with van der Waals surface area (Å²) in [5.74, 6) is -0.192. The lowest BCUT2D eigenvalue weighted by Crippen LogP contribution is -2.32. The zero-order valence-electron chi connectivity index (χ0n) is 9.29. The van der Waals surface area contributed by atoms with E-state index in [1.807, 2.05) is 6.92 Å². The summed E-state index contributed by atoms with van der Waals surface area (Å²) < 4.78 is 5.86. The highest BCUT2D eigenvalue weighted by Crippen LogP contribution is 2.18. The summed E-state index contributed by atoms with van der Waals surface area (Å²) in [6, 6.07) is 5.19. The van der Waals surface area contributed by atoms with Gasteiger partial charge in [0.2, 0.25) is 0 Å². The lowest BCUT2D eigenvalue weighted by Gasteiger charge is -2.11. The van der Waals surface area contributed by atoms with Gasteiger partial charge < -0.3 is 15.8 Å². The monoisotopic (exact) mass is 286 g/mol. The molecule has 0 radical (unpaired) electrons. The van der Waals surface area contributed by atoms with Gasteiger partial charge in [-0.05, 0) is 25.1 Å². The number of amides is 1. The minimum absolute atomic E-state index is 0.0164. The number of carbonyl (C=O) groups is 1. The van der Waals surface area contributed by atoms with Crippen molar-refractivity contribution >= 4 is 27.5 Å². The number of methoxy groups -OCH3 is 1. The van der Waals surface area contributed by atoms with Gasteiger partial charge in [0.15, 0.2) is 0 Å². The molecule has 0 spiro atoms. The maximum atomic E-state index is 11.8. The molecule has 4 nitrogen and oxygen atoms in total. The lowest BCUT2D eigenvalue weighted by atomic mass is 10.1. The van der Waals surface area contributed by atoms with Gasteiger partial charge in [-0.2, -0.15) is 0 Å². The number of hydrogen-bond acceptors (Lipinski definition) is 3. The van der Waals surface area contributed by atoms with Crippen LogP contribution < -0.4 is 11.1 Å². The Balaban J connectivity index is 2.69. The molecule has 16 heavy (non-hydrogen) atoms. The maximum Gasteiger partial charge on any atom is 0.253 e. The predicted octanol–water partition coefficient (Wildman–Crippen LogP) is 1.80. The molecule has 0 saturated heterocycles. The second-order valence-corrected chi connectivity index (χ2v) is 4.40. The molecule has 0 fully saturated rings. The van der Waals surface area contributed by atoms with Gasteiger partial charge >= 0.3 is 0 Å². The third kappa shape index (κ3) is 3.50. The fraction of sp³-hybridized carbons (Fsp3) is 0.364. The van der Waals surface area contributed by atoms with E-state index >= 15 is 0 Å². The van der Waals surface area contributed by atoms with Crippen LogP contribution in [0.1, 0.15) is 17.3 Å². The van der Waals surface area contributed by atoms with Crippen molar-refractivity contribution in [1.82, 2.24) is 5.32 Å². The number of benzene rings is 1. The Morgan fingerprint density at radius 1 is 1.62 bits per heavy atom. The van der Waals surface area contributed by atoms with Crippen molar-refractivity contribution in [2.45, 2.75) is 13.0 Å². The molecule has 3 N–H and O–H groups in total. The Bertz CT molecular complexity index is 382. The second-order valence-electron chi connectivity index (χ2n) is 3.49. The molecule has 1 amide bonds. The van der Waals surface area contributed by atoms with E-state index in [0.717, 1.165) is 4.47 Å². The first-order chi connectivity index (χ1) is 7.54. The van der Waals surface area contributed by atoms with E-state index in [9.17, 15) is 4.79 Å². The first-order valence-corrected chi connectivity index (χ1v) is 5.70. The fourth-order valence-corrected chi connectivity index (χ4v) is 1.50. The van der Waals surface area contributed by atoms with E-state index in [0.29, 0.717) is 17.8 Å². The smallest absolute Gasteiger partial charge is 0.253 e. The number of anilines is 1. The van der Waals surface area contributed by atoms with Crippen LogP contribution in [0.4, 0.5) is 5.69 Å². The molecular formula is C11H15BrN2O2. The van der Waals surface area contributed by atoms with E-state index in [-0.39, 0.29) is 12.0 Å². The molecule has 1 aromatic rings. The van der Waals surface area contributed by atoms with Crippen molar-refractivity contribution in [1.29, 1.82) is 0 Å². The summed E-state index contributed by atoms with van der Waals surface area (Å²) in [6.45, 7) is 2.34. The van der Waals surface area contributed by atoms with Gasteiger partial charge in [0.05, 0.1) is 11.7 Å². The first kappa shape index (κ1) is 13.0. The predicted molar refractivity (Wildman–Crippen MR) is 67.4 cm³/mol. The first-order valence-electron chi connectivity index (χ1n) is 4.90. The lowest BCUT2D eigenvalue weighted by molar-refractivity contribution is 0.0871.